The molecule has 1 heterocycles. The van der Waals surface area contributed by atoms with E-state index >= 15 is 0 Å². The van der Waals surface area contributed by atoms with E-state index in [0.717, 1.165) is 32.3 Å². The van der Waals surface area contributed by atoms with Crippen LogP contribution in [0.5, 0.6) is 0 Å². The van der Waals surface area contributed by atoms with Gasteiger partial charge < -0.3 is 14.7 Å². The van der Waals surface area contributed by atoms with Gasteiger partial charge in [-0.2, -0.15) is 0 Å². The number of nitrogens with zero attached hydrogens (tertiary/aromatic N) is 2. The average Bonchev–Trinajstić information content (AvgIpc) is 2.34. The van der Waals surface area contributed by atoms with Gasteiger partial charge in [0.2, 0.25) is 0 Å². The molecule has 0 aromatic heterocycles. The number of hydrogen-bond donors (Lipinski definition) is 1. The van der Waals surface area contributed by atoms with E-state index in [4.69, 9.17) is 9.84 Å². The van der Waals surface area contributed by atoms with Gasteiger partial charge in [0.25, 0.3) is 0 Å². The number of ether oxygens (including phenoxy) is 1. The monoisotopic (exact) mass is 244 g/mol. The lowest BCUT2D eigenvalue weighted by molar-refractivity contribution is 0.112. The van der Waals surface area contributed by atoms with E-state index in [1.807, 2.05) is 0 Å². The number of aliphatic hydroxyl groups is 1. The third kappa shape index (κ3) is 5.82. The van der Waals surface area contributed by atoms with Gasteiger partial charge in [0, 0.05) is 26.2 Å². The molecule has 0 amide bonds. The van der Waals surface area contributed by atoms with Crippen molar-refractivity contribution in [3.63, 3.8) is 0 Å². The second-order valence-corrected chi connectivity index (χ2v) is 4.98. The van der Waals surface area contributed by atoms with E-state index in [2.05, 4.69) is 16.8 Å². The van der Waals surface area contributed by atoms with E-state index in [1.54, 1.807) is 7.11 Å². The molecule has 0 aromatic carbocycles. The average molecular weight is 244 g/mol. The molecule has 1 aliphatic rings. The first-order valence-corrected chi connectivity index (χ1v) is 6.80. The van der Waals surface area contributed by atoms with Gasteiger partial charge in [-0.05, 0) is 39.4 Å². The Morgan fingerprint density at radius 2 is 2.12 bits per heavy atom. The van der Waals surface area contributed by atoms with Crippen molar-refractivity contribution in [1.82, 2.24) is 9.80 Å². The maximum atomic E-state index is 9.03. The van der Waals surface area contributed by atoms with Crippen LogP contribution in [0.4, 0.5) is 0 Å². The lowest BCUT2D eigenvalue weighted by atomic mass is 10.00. The molecule has 1 fully saturated rings. The second kappa shape index (κ2) is 8.86. The summed E-state index contributed by atoms with van der Waals surface area (Å²) in [4.78, 5) is 4.78. The van der Waals surface area contributed by atoms with Crippen LogP contribution in [0.1, 0.15) is 25.7 Å². The standard InChI is InChI=1S/C13H28N2O2/c1-14-7-4-3-5-13(14)6-8-15(9-11-16)10-12-17-2/h13,16H,3-12H2,1-2H3. The number of piperidine rings is 1. The zero-order valence-electron chi connectivity index (χ0n) is 11.4. The fourth-order valence-electron chi connectivity index (χ4n) is 2.54. The Kier molecular flexibility index (Phi) is 7.77. The van der Waals surface area contributed by atoms with Crippen molar-refractivity contribution in [2.45, 2.75) is 31.7 Å². The van der Waals surface area contributed by atoms with E-state index in [1.165, 1.54) is 32.2 Å². The molecule has 0 spiro atoms. The fraction of sp³-hybridized carbons (Fsp3) is 1.00. The summed E-state index contributed by atoms with van der Waals surface area (Å²) in [5.41, 5.74) is 0. The van der Waals surface area contributed by atoms with Gasteiger partial charge in [0.15, 0.2) is 0 Å². The molecule has 0 aliphatic carbocycles. The Hall–Kier alpha value is -0.160. The first-order valence-electron chi connectivity index (χ1n) is 6.80. The molecule has 17 heavy (non-hydrogen) atoms. The Labute approximate surface area is 106 Å². The normalized spacial score (nSPS) is 22.2. The Morgan fingerprint density at radius 3 is 2.76 bits per heavy atom. The summed E-state index contributed by atoms with van der Waals surface area (Å²) >= 11 is 0. The van der Waals surface area contributed by atoms with Crippen molar-refractivity contribution < 1.29 is 9.84 Å². The molecule has 1 saturated heterocycles. The van der Waals surface area contributed by atoms with Gasteiger partial charge in [-0.15, -0.1) is 0 Å². The summed E-state index contributed by atoms with van der Waals surface area (Å²) in [5.74, 6) is 0. The molecule has 4 heteroatoms. The van der Waals surface area contributed by atoms with E-state index < -0.39 is 0 Å². The van der Waals surface area contributed by atoms with Crippen molar-refractivity contribution in [2.75, 3.05) is 53.6 Å². The van der Waals surface area contributed by atoms with Gasteiger partial charge in [0.05, 0.1) is 13.2 Å². The minimum absolute atomic E-state index is 0.240. The first kappa shape index (κ1) is 14.9. The highest BCUT2D eigenvalue weighted by atomic mass is 16.5. The van der Waals surface area contributed by atoms with Crippen LogP contribution in [0.3, 0.4) is 0 Å². The summed E-state index contributed by atoms with van der Waals surface area (Å²) in [7, 11) is 3.96. The highest BCUT2D eigenvalue weighted by Gasteiger charge is 2.19. The van der Waals surface area contributed by atoms with Crippen molar-refractivity contribution >= 4 is 0 Å². The first-order chi connectivity index (χ1) is 8.27. The van der Waals surface area contributed by atoms with E-state index in [9.17, 15) is 0 Å². The molecule has 1 atom stereocenters. The predicted molar refractivity (Wildman–Crippen MR) is 70.3 cm³/mol. The maximum absolute atomic E-state index is 9.03. The summed E-state index contributed by atoms with van der Waals surface area (Å²) < 4.78 is 5.10. The SMILES string of the molecule is COCCN(CCO)CCC1CCCCN1C. The third-order valence-electron chi connectivity index (χ3n) is 3.73. The number of likely N-dealkylation sites (tertiary alicyclic amines) is 1. The lowest BCUT2D eigenvalue weighted by Crippen LogP contribution is -2.40. The van der Waals surface area contributed by atoms with Gasteiger partial charge in [-0.1, -0.05) is 6.42 Å². The smallest absolute Gasteiger partial charge is 0.0589 e. The Balaban J connectivity index is 2.23. The van der Waals surface area contributed by atoms with Gasteiger partial charge in [-0.3, -0.25) is 4.90 Å². The van der Waals surface area contributed by atoms with Crippen LogP contribution in [0.15, 0.2) is 0 Å². The zero-order chi connectivity index (χ0) is 12.5. The van der Waals surface area contributed by atoms with Crippen LogP contribution in [-0.2, 0) is 4.74 Å². The maximum Gasteiger partial charge on any atom is 0.0589 e. The molecular weight excluding hydrogens is 216 g/mol. The molecule has 1 aliphatic heterocycles. The molecule has 1 unspecified atom stereocenters. The number of methoxy groups -OCH3 is 1. The topological polar surface area (TPSA) is 35.9 Å². The van der Waals surface area contributed by atoms with Crippen LogP contribution in [0.25, 0.3) is 0 Å². The van der Waals surface area contributed by atoms with Gasteiger partial charge in [0.1, 0.15) is 0 Å². The fourth-order valence-corrected chi connectivity index (χ4v) is 2.54. The van der Waals surface area contributed by atoms with Crippen molar-refractivity contribution in [3.8, 4) is 0 Å². The second-order valence-electron chi connectivity index (χ2n) is 4.98. The van der Waals surface area contributed by atoms with Crippen LogP contribution >= 0.6 is 0 Å². The predicted octanol–water partition coefficient (Wildman–Crippen LogP) is 0.802. The molecule has 0 radical (unpaired) electrons. The molecular formula is C13H28N2O2. The molecule has 1 rings (SSSR count). The summed E-state index contributed by atoms with van der Waals surface area (Å²) in [6.45, 7) is 4.99. The van der Waals surface area contributed by atoms with Crippen LogP contribution in [0.2, 0.25) is 0 Å². The zero-order valence-corrected chi connectivity index (χ0v) is 11.4. The lowest BCUT2D eigenvalue weighted by Gasteiger charge is -2.34. The number of aliphatic hydroxyl groups excluding tert-OH is 1. The quantitative estimate of drug-likeness (QED) is 0.685. The van der Waals surface area contributed by atoms with Gasteiger partial charge >= 0.3 is 0 Å². The van der Waals surface area contributed by atoms with Gasteiger partial charge in [-0.25, -0.2) is 0 Å². The molecule has 0 saturated carbocycles. The van der Waals surface area contributed by atoms with E-state index in [-0.39, 0.29) is 6.61 Å². The molecule has 1 N–H and O–H groups in total. The molecule has 0 aromatic rings. The summed E-state index contributed by atoms with van der Waals surface area (Å²) in [5, 5.41) is 9.03. The van der Waals surface area contributed by atoms with Crippen molar-refractivity contribution in [3.05, 3.63) is 0 Å². The Morgan fingerprint density at radius 1 is 1.29 bits per heavy atom. The number of hydrogen-bond acceptors (Lipinski definition) is 4. The largest absolute Gasteiger partial charge is 0.395 e. The Bertz CT molecular complexity index is 190. The molecule has 102 valence electrons. The van der Waals surface area contributed by atoms with Crippen LogP contribution < -0.4 is 0 Å². The highest BCUT2D eigenvalue weighted by Crippen LogP contribution is 2.17. The molecule has 0 bridgehead atoms. The number of rotatable bonds is 8. The van der Waals surface area contributed by atoms with Crippen LogP contribution in [-0.4, -0.2) is 74.5 Å². The van der Waals surface area contributed by atoms with Crippen LogP contribution in [0, 0.1) is 0 Å². The molecule has 4 nitrogen and oxygen atoms in total. The summed E-state index contributed by atoms with van der Waals surface area (Å²) in [6, 6.07) is 0.729. The minimum Gasteiger partial charge on any atom is -0.395 e. The van der Waals surface area contributed by atoms with E-state index in [0.29, 0.717) is 0 Å². The third-order valence-corrected chi connectivity index (χ3v) is 3.73. The highest BCUT2D eigenvalue weighted by molar-refractivity contribution is 4.75. The van der Waals surface area contributed by atoms with Crippen molar-refractivity contribution in [2.24, 2.45) is 0 Å². The summed E-state index contributed by atoms with van der Waals surface area (Å²) in [6.07, 6.45) is 5.25. The minimum atomic E-state index is 0.240. The van der Waals surface area contributed by atoms with Crippen molar-refractivity contribution in [1.29, 1.82) is 0 Å².